The van der Waals surface area contributed by atoms with E-state index in [0.717, 1.165) is 16.8 Å². The highest BCUT2D eigenvalue weighted by Gasteiger charge is 2.50. The summed E-state index contributed by atoms with van der Waals surface area (Å²) in [5.41, 5.74) is 2.31. The summed E-state index contributed by atoms with van der Waals surface area (Å²) in [5, 5.41) is 13.5. The number of aromatic nitrogens is 3. The molecule has 1 N–H and O–H groups in total. The molecule has 1 atom stereocenters. The summed E-state index contributed by atoms with van der Waals surface area (Å²) in [6.45, 7) is 0.342. The topological polar surface area (TPSA) is 71.2 Å². The molecule has 6 nitrogen and oxygen atoms in total. The van der Waals surface area contributed by atoms with Crippen LogP contribution in [-0.2, 0) is 29.6 Å². The molecule has 0 aliphatic carbocycles. The van der Waals surface area contributed by atoms with Crippen LogP contribution in [0.1, 0.15) is 17.0 Å². The molecule has 0 unspecified atom stereocenters. The number of carbonyl (C=O) groups excluding carboxylic acids is 1. The van der Waals surface area contributed by atoms with Gasteiger partial charge in [0.05, 0.1) is 18.6 Å². The molecule has 0 saturated heterocycles. The van der Waals surface area contributed by atoms with Gasteiger partial charge in [0.2, 0.25) is 5.91 Å². The van der Waals surface area contributed by atoms with E-state index < -0.39 is 5.41 Å². The number of carbonyl (C=O) groups is 1. The van der Waals surface area contributed by atoms with Gasteiger partial charge in [0.25, 0.3) is 0 Å². The molecule has 3 aromatic rings. The molecule has 2 aromatic carbocycles. The van der Waals surface area contributed by atoms with Gasteiger partial charge in [0.1, 0.15) is 12.2 Å². The van der Waals surface area contributed by atoms with Crippen molar-refractivity contribution in [2.24, 2.45) is 0 Å². The van der Waals surface area contributed by atoms with Crippen LogP contribution in [0.3, 0.4) is 0 Å². The Morgan fingerprint density at radius 3 is 2.56 bits per heavy atom. The van der Waals surface area contributed by atoms with Crippen molar-refractivity contribution in [3.8, 4) is 0 Å². The summed E-state index contributed by atoms with van der Waals surface area (Å²) in [6.07, 6.45) is 2.50. The van der Waals surface area contributed by atoms with Crippen molar-refractivity contribution in [1.82, 2.24) is 14.8 Å². The van der Waals surface area contributed by atoms with Crippen LogP contribution in [-0.4, -0.2) is 39.4 Å². The molecular weight excluding hydrogens is 340 g/mol. The number of hydrogen-bond donors (Lipinski definition) is 1. The fourth-order valence-electron chi connectivity index (χ4n) is 4.04. The first-order valence-corrected chi connectivity index (χ1v) is 9.05. The summed E-state index contributed by atoms with van der Waals surface area (Å²) in [7, 11) is 1.83. The van der Waals surface area contributed by atoms with Gasteiger partial charge in [-0.25, -0.2) is 9.67 Å². The number of para-hydroxylation sites is 1. The number of aliphatic hydroxyl groups is 1. The molecule has 0 spiro atoms. The second-order valence-electron chi connectivity index (χ2n) is 6.93. The maximum Gasteiger partial charge on any atom is 0.238 e. The Balaban J connectivity index is 1.84. The number of fused-ring (bicyclic) bond motifs is 1. The Kier molecular flexibility index (Phi) is 4.49. The predicted molar refractivity (Wildman–Crippen MR) is 102 cm³/mol. The van der Waals surface area contributed by atoms with Crippen molar-refractivity contribution in [2.75, 3.05) is 18.6 Å². The largest absolute Gasteiger partial charge is 0.394 e. The average molecular weight is 362 g/mol. The van der Waals surface area contributed by atoms with Crippen LogP contribution in [0, 0.1) is 0 Å². The zero-order valence-corrected chi connectivity index (χ0v) is 15.2. The molecule has 6 heteroatoms. The van der Waals surface area contributed by atoms with E-state index in [2.05, 4.69) is 22.2 Å². The van der Waals surface area contributed by atoms with Crippen molar-refractivity contribution in [3.05, 3.63) is 77.9 Å². The standard InChI is InChI=1S/C21H22N4O2/c1-24-18-10-6-5-9-17(18)21(20(24)27,13-16-7-3-2-4-8-16)14-19-22-15-23-25(19)11-12-26/h2-10,15,26H,11-14H2,1H3/t21-/m0/s1. The Morgan fingerprint density at radius 1 is 1.04 bits per heavy atom. The molecule has 2 heterocycles. The average Bonchev–Trinajstić information content (AvgIpc) is 3.21. The minimum absolute atomic E-state index is 0.0213. The molecule has 138 valence electrons. The first-order chi connectivity index (χ1) is 13.2. The van der Waals surface area contributed by atoms with E-state index in [-0.39, 0.29) is 12.5 Å². The lowest BCUT2D eigenvalue weighted by atomic mass is 9.73. The molecule has 0 saturated carbocycles. The van der Waals surface area contributed by atoms with Crippen LogP contribution >= 0.6 is 0 Å². The van der Waals surface area contributed by atoms with Gasteiger partial charge < -0.3 is 10.0 Å². The Labute approximate surface area is 158 Å². The van der Waals surface area contributed by atoms with Crippen LogP contribution in [0.2, 0.25) is 0 Å². The normalized spacial score (nSPS) is 18.7. The number of benzene rings is 2. The second kappa shape index (κ2) is 6.96. The summed E-state index contributed by atoms with van der Waals surface area (Å²) in [5.74, 6) is 0.768. The van der Waals surface area contributed by atoms with Gasteiger partial charge in [-0.3, -0.25) is 4.79 Å². The number of hydrogen-bond acceptors (Lipinski definition) is 4. The first kappa shape index (κ1) is 17.4. The number of likely N-dealkylation sites (N-methyl/N-ethyl adjacent to an activating group) is 1. The number of nitrogens with zero attached hydrogens (tertiary/aromatic N) is 4. The Hall–Kier alpha value is -2.99. The molecule has 1 aliphatic rings. The van der Waals surface area contributed by atoms with Crippen molar-refractivity contribution in [1.29, 1.82) is 0 Å². The third-order valence-corrected chi connectivity index (χ3v) is 5.31. The molecule has 27 heavy (non-hydrogen) atoms. The van der Waals surface area contributed by atoms with E-state index in [1.165, 1.54) is 6.33 Å². The molecule has 0 bridgehead atoms. The van der Waals surface area contributed by atoms with Crippen molar-refractivity contribution in [3.63, 3.8) is 0 Å². The third kappa shape index (κ3) is 2.92. The zero-order chi connectivity index (χ0) is 18.9. The van der Waals surface area contributed by atoms with E-state index >= 15 is 0 Å². The number of aliphatic hydroxyl groups excluding tert-OH is 1. The van der Waals surface area contributed by atoms with Gasteiger partial charge in [-0.15, -0.1) is 0 Å². The van der Waals surface area contributed by atoms with Crippen molar-refractivity contribution >= 4 is 11.6 Å². The lowest BCUT2D eigenvalue weighted by molar-refractivity contribution is -0.123. The third-order valence-electron chi connectivity index (χ3n) is 5.31. The van der Waals surface area contributed by atoms with Gasteiger partial charge in [-0.05, 0) is 23.6 Å². The maximum absolute atomic E-state index is 13.5. The molecule has 4 rings (SSSR count). The van der Waals surface area contributed by atoms with Gasteiger partial charge >= 0.3 is 0 Å². The maximum atomic E-state index is 13.5. The fourth-order valence-corrected chi connectivity index (χ4v) is 4.04. The number of amides is 1. The highest BCUT2D eigenvalue weighted by Crippen LogP contribution is 2.45. The van der Waals surface area contributed by atoms with Gasteiger partial charge in [-0.2, -0.15) is 5.10 Å². The molecule has 1 amide bonds. The van der Waals surface area contributed by atoms with E-state index in [9.17, 15) is 9.90 Å². The summed E-state index contributed by atoms with van der Waals surface area (Å²) >= 11 is 0. The van der Waals surface area contributed by atoms with Crippen LogP contribution in [0.5, 0.6) is 0 Å². The van der Waals surface area contributed by atoms with Crippen molar-refractivity contribution < 1.29 is 9.90 Å². The highest BCUT2D eigenvalue weighted by atomic mass is 16.3. The lowest BCUT2D eigenvalue weighted by Crippen LogP contribution is -2.43. The summed E-state index contributed by atoms with van der Waals surface area (Å²) < 4.78 is 1.68. The fraction of sp³-hybridized carbons (Fsp3) is 0.286. The SMILES string of the molecule is CN1C(=O)[C@@](Cc2ccccc2)(Cc2ncnn2CCO)c2ccccc21. The first-order valence-electron chi connectivity index (χ1n) is 9.05. The van der Waals surface area contributed by atoms with E-state index in [1.807, 2.05) is 49.5 Å². The minimum Gasteiger partial charge on any atom is -0.394 e. The van der Waals surface area contributed by atoms with Gasteiger partial charge in [-0.1, -0.05) is 48.5 Å². The van der Waals surface area contributed by atoms with E-state index in [4.69, 9.17) is 0 Å². The van der Waals surface area contributed by atoms with E-state index in [0.29, 0.717) is 25.2 Å². The lowest BCUT2D eigenvalue weighted by Gasteiger charge is -2.28. The van der Waals surface area contributed by atoms with Crippen LogP contribution in [0.25, 0.3) is 0 Å². The van der Waals surface area contributed by atoms with Crippen LogP contribution in [0.15, 0.2) is 60.9 Å². The van der Waals surface area contributed by atoms with Crippen molar-refractivity contribution in [2.45, 2.75) is 24.8 Å². The zero-order valence-electron chi connectivity index (χ0n) is 15.2. The Bertz CT molecular complexity index is 954. The molecular formula is C21H22N4O2. The monoisotopic (exact) mass is 362 g/mol. The summed E-state index contributed by atoms with van der Waals surface area (Å²) in [4.78, 5) is 19.6. The number of rotatable bonds is 6. The molecule has 1 aromatic heterocycles. The highest BCUT2D eigenvalue weighted by molar-refractivity contribution is 6.08. The number of anilines is 1. The Morgan fingerprint density at radius 2 is 1.78 bits per heavy atom. The van der Waals surface area contributed by atoms with Gasteiger partial charge in [0.15, 0.2) is 0 Å². The van der Waals surface area contributed by atoms with Gasteiger partial charge in [0, 0.05) is 19.2 Å². The second-order valence-corrected chi connectivity index (χ2v) is 6.93. The molecule has 0 fully saturated rings. The minimum atomic E-state index is -0.743. The smallest absolute Gasteiger partial charge is 0.238 e. The quantitative estimate of drug-likeness (QED) is 0.728. The van der Waals surface area contributed by atoms with E-state index in [1.54, 1.807) is 9.58 Å². The molecule has 1 aliphatic heterocycles. The van der Waals surface area contributed by atoms with Crippen LogP contribution in [0.4, 0.5) is 5.69 Å². The summed E-state index contributed by atoms with van der Waals surface area (Å²) in [6, 6.07) is 18.0. The van der Waals surface area contributed by atoms with Crippen LogP contribution < -0.4 is 4.90 Å². The molecule has 0 radical (unpaired) electrons. The predicted octanol–water partition coefficient (Wildman–Crippen LogP) is 1.97.